The van der Waals surface area contributed by atoms with Gasteiger partial charge in [0.15, 0.2) is 0 Å². The highest BCUT2D eigenvalue weighted by molar-refractivity contribution is 9.10. The van der Waals surface area contributed by atoms with Gasteiger partial charge in [-0.25, -0.2) is 0 Å². The van der Waals surface area contributed by atoms with E-state index in [1.54, 1.807) is 4.90 Å². The monoisotopic (exact) mass is 338 g/mol. The smallest absolute Gasteiger partial charge is 0.223 e. The van der Waals surface area contributed by atoms with E-state index in [1.165, 1.54) is 0 Å². The van der Waals surface area contributed by atoms with Gasteiger partial charge in [0.1, 0.15) is 11.5 Å². The maximum Gasteiger partial charge on any atom is 0.223 e. The van der Waals surface area contributed by atoms with Gasteiger partial charge < -0.3 is 13.9 Å². The molecule has 0 saturated heterocycles. The fourth-order valence-corrected chi connectivity index (χ4v) is 2.67. The summed E-state index contributed by atoms with van der Waals surface area (Å²) in [6.07, 6.45) is 3.10. The van der Waals surface area contributed by atoms with Gasteiger partial charge in [0.2, 0.25) is 5.91 Å². The topological polar surface area (TPSA) is 38.4 Å². The standard InChI is InChI=1S/C15H19BrN2O2/c1-11-4-5-14(20-11)6-7-15(19)18(3)10-13-8-12(16)9-17(13)2/h4-5,8-9H,6-7,10H2,1-3H3. The van der Waals surface area contributed by atoms with Gasteiger partial charge in [-0.2, -0.15) is 0 Å². The molecule has 0 bridgehead atoms. The highest BCUT2D eigenvalue weighted by Gasteiger charge is 2.12. The van der Waals surface area contributed by atoms with Crippen molar-refractivity contribution in [3.05, 3.63) is 46.1 Å². The van der Waals surface area contributed by atoms with Crippen LogP contribution in [-0.4, -0.2) is 22.4 Å². The molecule has 5 heteroatoms. The number of aryl methyl sites for hydroxylation is 3. The summed E-state index contributed by atoms with van der Waals surface area (Å²) in [5.41, 5.74) is 1.10. The van der Waals surface area contributed by atoms with E-state index in [0.717, 1.165) is 21.7 Å². The average molecular weight is 339 g/mol. The molecule has 2 heterocycles. The summed E-state index contributed by atoms with van der Waals surface area (Å²) in [5, 5.41) is 0. The molecule has 0 aromatic carbocycles. The Morgan fingerprint density at radius 3 is 2.75 bits per heavy atom. The second-order valence-electron chi connectivity index (χ2n) is 5.02. The van der Waals surface area contributed by atoms with E-state index in [4.69, 9.17) is 4.42 Å². The van der Waals surface area contributed by atoms with Crippen LogP contribution in [0.4, 0.5) is 0 Å². The number of aromatic nitrogens is 1. The van der Waals surface area contributed by atoms with Gasteiger partial charge in [0.25, 0.3) is 0 Å². The number of nitrogens with zero attached hydrogens (tertiary/aromatic N) is 2. The summed E-state index contributed by atoms with van der Waals surface area (Å²) in [6, 6.07) is 5.88. The van der Waals surface area contributed by atoms with Gasteiger partial charge in [0.05, 0.1) is 6.54 Å². The van der Waals surface area contributed by atoms with Crippen molar-refractivity contribution < 1.29 is 9.21 Å². The van der Waals surface area contributed by atoms with Crippen LogP contribution in [0.5, 0.6) is 0 Å². The lowest BCUT2D eigenvalue weighted by atomic mass is 10.2. The van der Waals surface area contributed by atoms with Gasteiger partial charge >= 0.3 is 0 Å². The minimum Gasteiger partial charge on any atom is -0.466 e. The summed E-state index contributed by atoms with van der Waals surface area (Å²) >= 11 is 3.44. The number of hydrogen-bond acceptors (Lipinski definition) is 2. The van der Waals surface area contributed by atoms with Crippen molar-refractivity contribution in [1.29, 1.82) is 0 Å². The molecule has 4 nitrogen and oxygen atoms in total. The molecule has 0 N–H and O–H groups in total. The molecule has 0 fully saturated rings. The molecule has 0 spiro atoms. The molecule has 0 saturated carbocycles. The number of carbonyl (C=O) groups excluding carboxylic acids is 1. The fraction of sp³-hybridized carbons (Fsp3) is 0.400. The quantitative estimate of drug-likeness (QED) is 0.839. The molecule has 0 radical (unpaired) electrons. The molecular weight excluding hydrogens is 320 g/mol. The Bertz CT molecular complexity index is 601. The molecule has 0 aliphatic carbocycles. The zero-order valence-electron chi connectivity index (χ0n) is 12.0. The van der Waals surface area contributed by atoms with E-state index in [2.05, 4.69) is 15.9 Å². The lowest BCUT2D eigenvalue weighted by Crippen LogP contribution is -2.27. The Morgan fingerprint density at radius 1 is 1.45 bits per heavy atom. The fourth-order valence-electron chi connectivity index (χ4n) is 2.09. The second kappa shape index (κ2) is 6.31. The van der Waals surface area contributed by atoms with Crippen LogP contribution >= 0.6 is 15.9 Å². The molecule has 0 atom stereocenters. The Labute approximate surface area is 127 Å². The normalized spacial score (nSPS) is 10.8. The third-order valence-electron chi connectivity index (χ3n) is 3.28. The highest BCUT2D eigenvalue weighted by Crippen LogP contribution is 2.15. The first-order valence-electron chi connectivity index (χ1n) is 6.55. The van der Waals surface area contributed by atoms with E-state index in [9.17, 15) is 4.79 Å². The third kappa shape index (κ3) is 3.76. The number of hydrogen-bond donors (Lipinski definition) is 0. The van der Waals surface area contributed by atoms with Crippen LogP contribution in [0.1, 0.15) is 23.6 Å². The summed E-state index contributed by atoms with van der Waals surface area (Å²) in [7, 11) is 3.81. The van der Waals surface area contributed by atoms with E-state index in [1.807, 2.05) is 50.0 Å². The van der Waals surface area contributed by atoms with Crippen LogP contribution in [0.2, 0.25) is 0 Å². The number of rotatable bonds is 5. The summed E-state index contributed by atoms with van der Waals surface area (Å²) < 4.78 is 8.52. The van der Waals surface area contributed by atoms with E-state index in [0.29, 0.717) is 19.4 Å². The zero-order valence-corrected chi connectivity index (χ0v) is 13.6. The molecule has 108 valence electrons. The van der Waals surface area contributed by atoms with Gasteiger partial charge in [-0.15, -0.1) is 0 Å². The summed E-state index contributed by atoms with van der Waals surface area (Å²) in [4.78, 5) is 13.9. The van der Waals surface area contributed by atoms with Crippen LogP contribution in [0.3, 0.4) is 0 Å². The first kappa shape index (κ1) is 14.9. The number of halogens is 1. The Balaban J connectivity index is 1.87. The van der Waals surface area contributed by atoms with Crippen molar-refractivity contribution in [3.8, 4) is 0 Å². The predicted octanol–water partition coefficient (Wildman–Crippen LogP) is 3.28. The van der Waals surface area contributed by atoms with Crippen molar-refractivity contribution in [2.24, 2.45) is 7.05 Å². The molecule has 0 aliphatic heterocycles. The SMILES string of the molecule is Cc1ccc(CCC(=O)N(C)Cc2cc(Br)cn2C)o1. The Kier molecular flexibility index (Phi) is 4.70. The molecule has 2 rings (SSSR count). The van der Waals surface area contributed by atoms with Gasteiger partial charge in [-0.1, -0.05) is 0 Å². The number of amides is 1. The second-order valence-corrected chi connectivity index (χ2v) is 5.94. The van der Waals surface area contributed by atoms with E-state index < -0.39 is 0 Å². The molecular formula is C15H19BrN2O2. The first-order valence-corrected chi connectivity index (χ1v) is 7.35. The molecule has 1 amide bonds. The first-order chi connectivity index (χ1) is 9.45. The van der Waals surface area contributed by atoms with Crippen LogP contribution in [0.15, 0.2) is 33.3 Å². The van der Waals surface area contributed by atoms with Crippen molar-refractivity contribution >= 4 is 21.8 Å². The van der Waals surface area contributed by atoms with E-state index in [-0.39, 0.29) is 5.91 Å². The van der Waals surface area contributed by atoms with Crippen molar-refractivity contribution in [1.82, 2.24) is 9.47 Å². The molecule has 0 unspecified atom stereocenters. The third-order valence-corrected chi connectivity index (χ3v) is 3.71. The number of carbonyl (C=O) groups is 1. The average Bonchev–Trinajstić information content (AvgIpc) is 2.93. The zero-order chi connectivity index (χ0) is 14.7. The minimum absolute atomic E-state index is 0.122. The summed E-state index contributed by atoms with van der Waals surface area (Å²) in [6.45, 7) is 2.52. The van der Waals surface area contributed by atoms with Crippen LogP contribution in [0, 0.1) is 6.92 Å². The van der Waals surface area contributed by atoms with Crippen molar-refractivity contribution in [2.45, 2.75) is 26.3 Å². The van der Waals surface area contributed by atoms with Gasteiger partial charge in [-0.05, 0) is 41.1 Å². The molecule has 0 aliphatic rings. The van der Waals surface area contributed by atoms with Gasteiger partial charge in [0, 0.05) is 43.3 Å². The Morgan fingerprint density at radius 2 is 2.20 bits per heavy atom. The van der Waals surface area contributed by atoms with Crippen LogP contribution in [-0.2, 0) is 24.8 Å². The lowest BCUT2D eigenvalue weighted by Gasteiger charge is -2.17. The maximum absolute atomic E-state index is 12.1. The van der Waals surface area contributed by atoms with E-state index >= 15 is 0 Å². The van der Waals surface area contributed by atoms with Gasteiger partial charge in [-0.3, -0.25) is 4.79 Å². The molecule has 2 aromatic heterocycles. The predicted molar refractivity (Wildman–Crippen MR) is 81.4 cm³/mol. The Hall–Kier alpha value is -1.49. The number of furan rings is 1. The van der Waals surface area contributed by atoms with Crippen LogP contribution < -0.4 is 0 Å². The van der Waals surface area contributed by atoms with Crippen LogP contribution in [0.25, 0.3) is 0 Å². The summed E-state index contributed by atoms with van der Waals surface area (Å²) in [5.74, 6) is 1.87. The van der Waals surface area contributed by atoms with Crippen molar-refractivity contribution in [3.63, 3.8) is 0 Å². The van der Waals surface area contributed by atoms with Crippen molar-refractivity contribution in [2.75, 3.05) is 7.05 Å². The highest BCUT2D eigenvalue weighted by atomic mass is 79.9. The molecule has 2 aromatic rings. The largest absolute Gasteiger partial charge is 0.466 e. The minimum atomic E-state index is 0.122. The lowest BCUT2D eigenvalue weighted by molar-refractivity contribution is -0.130. The molecule has 20 heavy (non-hydrogen) atoms. The maximum atomic E-state index is 12.1.